The van der Waals surface area contributed by atoms with Crippen LogP contribution in [0.5, 0.6) is 0 Å². The van der Waals surface area contributed by atoms with Crippen molar-refractivity contribution < 1.29 is 9.59 Å². The molecule has 0 aromatic heterocycles. The molecule has 0 unspecified atom stereocenters. The van der Waals surface area contributed by atoms with Gasteiger partial charge in [-0.05, 0) is 29.3 Å². The highest BCUT2D eigenvalue weighted by molar-refractivity contribution is 5.98. The lowest BCUT2D eigenvalue weighted by molar-refractivity contribution is 0.0801. The molecule has 116 valence electrons. The molecule has 0 saturated carbocycles. The van der Waals surface area contributed by atoms with Crippen molar-refractivity contribution >= 4 is 23.2 Å². The van der Waals surface area contributed by atoms with Crippen LogP contribution >= 0.6 is 0 Å². The first-order chi connectivity index (χ1) is 11.1. The van der Waals surface area contributed by atoms with Crippen LogP contribution in [0.1, 0.15) is 15.9 Å². The third kappa shape index (κ3) is 3.40. The molecule has 0 fully saturated rings. The van der Waals surface area contributed by atoms with Crippen molar-refractivity contribution in [2.45, 2.75) is 0 Å². The maximum absolute atomic E-state index is 12.6. The van der Waals surface area contributed by atoms with Crippen LogP contribution in [0, 0.1) is 0 Å². The molecule has 0 spiro atoms. The topological polar surface area (TPSA) is 75.4 Å². The normalized spacial score (nSPS) is 13.6. The summed E-state index contributed by atoms with van der Waals surface area (Å²) >= 11 is 0. The van der Waals surface area contributed by atoms with E-state index in [0.717, 1.165) is 11.1 Å². The number of nitrogens with one attached hydrogen (secondary N) is 1. The van der Waals surface area contributed by atoms with E-state index in [4.69, 9.17) is 5.73 Å². The summed E-state index contributed by atoms with van der Waals surface area (Å²) < 4.78 is 0. The summed E-state index contributed by atoms with van der Waals surface area (Å²) in [7, 11) is 0. The lowest BCUT2D eigenvalue weighted by atomic mass is 10.1. The summed E-state index contributed by atoms with van der Waals surface area (Å²) in [4.78, 5) is 25.3. The molecule has 0 radical (unpaired) electrons. The van der Waals surface area contributed by atoms with E-state index >= 15 is 0 Å². The van der Waals surface area contributed by atoms with Crippen molar-refractivity contribution in [1.82, 2.24) is 4.90 Å². The van der Waals surface area contributed by atoms with E-state index in [1.165, 1.54) is 0 Å². The maximum atomic E-state index is 12.6. The largest absolute Gasteiger partial charge is 0.351 e. The number of carbonyl (C=O) groups is 2. The molecular weight excluding hydrogens is 290 g/mol. The Morgan fingerprint density at radius 1 is 1.04 bits per heavy atom. The molecule has 3 amide bonds. The van der Waals surface area contributed by atoms with Gasteiger partial charge in [-0.15, -0.1) is 0 Å². The highest BCUT2D eigenvalue weighted by atomic mass is 16.2. The van der Waals surface area contributed by atoms with Gasteiger partial charge >= 0.3 is 6.03 Å². The van der Waals surface area contributed by atoms with E-state index in [0.29, 0.717) is 24.3 Å². The minimum Gasteiger partial charge on any atom is -0.351 e. The van der Waals surface area contributed by atoms with Crippen molar-refractivity contribution in [2.24, 2.45) is 5.73 Å². The molecule has 0 saturated heterocycles. The second-order valence-electron chi connectivity index (χ2n) is 5.35. The molecule has 1 aliphatic heterocycles. The van der Waals surface area contributed by atoms with Gasteiger partial charge in [-0.25, -0.2) is 4.79 Å². The third-order valence-electron chi connectivity index (χ3n) is 3.73. The Balaban J connectivity index is 1.72. The van der Waals surface area contributed by atoms with Crippen molar-refractivity contribution in [1.29, 1.82) is 0 Å². The molecule has 3 rings (SSSR count). The first-order valence-electron chi connectivity index (χ1n) is 7.34. The highest BCUT2D eigenvalue weighted by Gasteiger charge is 2.21. The zero-order valence-electron chi connectivity index (χ0n) is 12.5. The van der Waals surface area contributed by atoms with Crippen LogP contribution in [0.15, 0.2) is 60.7 Å². The van der Waals surface area contributed by atoms with Gasteiger partial charge in [-0.1, -0.05) is 42.5 Å². The smallest absolute Gasteiger partial charge is 0.316 e. The molecule has 5 heteroatoms. The number of nitrogens with zero attached hydrogens (tertiary/aromatic N) is 1. The molecule has 0 atom stereocenters. The number of benzene rings is 2. The van der Waals surface area contributed by atoms with E-state index < -0.39 is 6.03 Å². The first kappa shape index (κ1) is 14.8. The van der Waals surface area contributed by atoms with Gasteiger partial charge < -0.3 is 16.0 Å². The highest BCUT2D eigenvalue weighted by Crippen LogP contribution is 2.22. The Hall–Kier alpha value is -3.08. The van der Waals surface area contributed by atoms with Gasteiger partial charge in [0.1, 0.15) is 0 Å². The summed E-state index contributed by atoms with van der Waals surface area (Å²) in [6.07, 6.45) is 2.07. The number of nitrogens with two attached hydrogens (primary N) is 1. The van der Waals surface area contributed by atoms with Crippen molar-refractivity contribution in [3.8, 4) is 0 Å². The lowest BCUT2D eigenvalue weighted by Gasteiger charge is -2.17. The van der Waals surface area contributed by atoms with Crippen LogP contribution in [0.3, 0.4) is 0 Å². The Morgan fingerprint density at radius 3 is 2.57 bits per heavy atom. The van der Waals surface area contributed by atoms with E-state index in [9.17, 15) is 9.59 Å². The van der Waals surface area contributed by atoms with Crippen LogP contribution in [0.4, 0.5) is 10.5 Å². The number of hydrogen-bond acceptors (Lipinski definition) is 2. The average molecular weight is 307 g/mol. The predicted octanol–water partition coefficient (Wildman–Crippen LogP) is 2.72. The maximum Gasteiger partial charge on any atom is 0.316 e. The molecule has 3 N–H and O–H groups in total. The van der Waals surface area contributed by atoms with Crippen LogP contribution in [0.25, 0.3) is 5.57 Å². The number of carbonyl (C=O) groups excluding carboxylic acids is 2. The molecule has 23 heavy (non-hydrogen) atoms. The molecule has 2 aromatic rings. The van der Waals surface area contributed by atoms with Gasteiger partial charge in [0.25, 0.3) is 5.91 Å². The number of hydrogen-bond donors (Lipinski definition) is 2. The summed E-state index contributed by atoms with van der Waals surface area (Å²) in [5, 5.41) is 2.48. The minimum absolute atomic E-state index is 0.0692. The zero-order valence-corrected chi connectivity index (χ0v) is 12.5. The summed E-state index contributed by atoms with van der Waals surface area (Å²) in [5.41, 5.74) is 8.42. The number of primary amides is 1. The van der Waals surface area contributed by atoms with Gasteiger partial charge in [-0.3, -0.25) is 4.79 Å². The van der Waals surface area contributed by atoms with E-state index in [1.807, 2.05) is 30.3 Å². The predicted molar refractivity (Wildman–Crippen MR) is 90.0 cm³/mol. The lowest BCUT2D eigenvalue weighted by Crippen LogP contribution is -2.29. The molecule has 0 bridgehead atoms. The minimum atomic E-state index is -0.649. The summed E-state index contributed by atoms with van der Waals surface area (Å²) in [6.45, 7) is 1.16. The molecule has 5 nitrogen and oxygen atoms in total. The number of anilines is 1. The molecule has 1 aliphatic rings. The van der Waals surface area contributed by atoms with E-state index in [1.54, 1.807) is 29.2 Å². The molecular formula is C18H17N3O2. The van der Waals surface area contributed by atoms with Crippen LogP contribution in [-0.2, 0) is 0 Å². The van der Waals surface area contributed by atoms with Crippen molar-refractivity contribution in [3.63, 3.8) is 0 Å². The fraction of sp³-hybridized carbons (Fsp3) is 0.111. The SMILES string of the molecule is NC(=O)Nc1cccc(C(=O)N2CC=C(c3ccccc3)C2)c1. The Bertz CT molecular complexity index is 769. The van der Waals surface area contributed by atoms with Gasteiger partial charge in [0.2, 0.25) is 0 Å². The third-order valence-corrected chi connectivity index (χ3v) is 3.73. The standard InChI is InChI=1S/C18H17N3O2/c19-18(23)20-16-8-4-7-14(11-16)17(22)21-10-9-15(12-21)13-5-2-1-3-6-13/h1-9,11H,10,12H2,(H3,19,20,23). The number of rotatable bonds is 3. The van der Waals surface area contributed by atoms with Crippen molar-refractivity contribution in [2.75, 3.05) is 18.4 Å². The number of urea groups is 1. The Labute approximate surface area is 134 Å². The monoisotopic (exact) mass is 307 g/mol. The first-order valence-corrected chi connectivity index (χ1v) is 7.34. The van der Waals surface area contributed by atoms with E-state index in [-0.39, 0.29) is 5.91 Å². The zero-order chi connectivity index (χ0) is 16.2. The molecule has 1 heterocycles. The summed E-state index contributed by atoms with van der Waals surface area (Å²) in [6, 6.07) is 16.2. The molecule has 0 aliphatic carbocycles. The quantitative estimate of drug-likeness (QED) is 0.915. The van der Waals surface area contributed by atoms with Gasteiger partial charge in [-0.2, -0.15) is 0 Å². The van der Waals surface area contributed by atoms with E-state index in [2.05, 4.69) is 11.4 Å². The molecule has 2 aromatic carbocycles. The van der Waals surface area contributed by atoms with Crippen LogP contribution in [-0.4, -0.2) is 29.9 Å². The summed E-state index contributed by atoms with van der Waals surface area (Å²) in [5.74, 6) is -0.0692. The fourth-order valence-electron chi connectivity index (χ4n) is 2.63. The Morgan fingerprint density at radius 2 is 1.83 bits per heavy atom. The van der Waals surface area contributed by atoms with Gasteiger partial charge in [0, 0.05) is 24.3 Å². The van der Waals surface area contributed by atoms with Crippen molar-refractivity contribution in [3.05, 3.63) is 71.8 Å². The van der Waals surface area contributed by atoms with Crippen LogP contribution in [0.2, 0.25) is 0 Å². The number of amides is 3. The van der Waals surface area contributed by atoms with Gasteiger partial charge in [0.15, 0.2) is 0 Å². The van der Waals surface area contributed by atoms with Crippen LogP contribution < -0.4 is 11.1 Å². The fourth-order valence-corrected chi connectivity index (χ4v) is 2.63. The second-order valence-corrected chi connectivity index (χ2v) is 5.35. The average Bonchev–Trinajstić information content (AvgIpc) is 3.04. The Kier molecular flexibility index (Phi) is 4.10. The van der Waals surface area contributed by atoms with Gasteiger partial charge in [0.05, 0.1) is 0 Å². The second kappa shape index (κ2) is 6.36.